The molecule has 0 unspecified atom stereocenters. The molecular formula is C32H28Cl3N3O3S. The van der Waals surface area contributed by atoms with Crippen LogP contribution in [0.4, 0.5) is 0 Å². The van der Waals surface area contributed by atoms with Crippen LogP contribution in [0.3, 0.4) is 0 Å². The molecule has 2 heterocycles. The standard InChI is InChI=1S/C32H28Cl3N3O3S/c1-4-37(5-2)31(40)28-19(3)36-32-38(29(28)20-10-12-23(33)13-11-20)30(39)27(42-32)17-22-16-24(34)14-15-26(22)41-18-21-8-6-7-9-25(21)35/h6-17,29H,4-5,18H2,1-3H3/b27-17+/t29-/m1/s1. The first-order chi connectivity index (χ1) is 20.2. The molecule has 216 valence electrons. The Kier molecular flexibility index (Phi) is 9.23. The molecule has 5 rings (SSSR count). The normalized spacial score (nSPS) is 14.9. The first-order valence-corrected chi connectivity index (χ1v) is 15.4. The second-order valence-corrected chi connectivity index (χ2v) is 12.0. The average Bonchev–Trinajstić information content (AvgIpc) is 3.27. The van der Waals surface area contributed by atoms with E-state index in [9.17, 15) is 9.59 Å². The third-order valence-corrected chi connectivity index (χ3v) is 8.93. The number of fused-ring (bicyclic) bond motifs is 1. The van der Waals surface area contributed by atoms with E-state index in [4.69, 9.17) is 44.5 Å². The minimum absolute atomic E-state index is 0.152. The number of carbonyl (C=O) groups excluding carboxylic acids is 1. The van der Waals surface area contributed by atoms with Gasteiger partial charge in [-0.05, 0) is 68.8 Å². The quantitative estimate of drug-likeness (QED) is 0.217. The van der Waals surface area contributed by atoms with Gasteiger partial charge in [0.2, 0.25) is 0 Å². The summed E-state index contributed by atoms with van der Waals surface area (Å²) in [5, 5.41) is 1.67. The van der Waals surface area contributed by atoms with Crippen LogP contribution < -0.4 is 19.6 Å². The predicted octanol–water partition coefficient (Wildman–Crippen LogP) is 6.64. The molecule has 0 saturated carbocycles. The van der Waals surface area contributed by atoms with Crippen LogP contribution in [0.5, 0.6) is 5.75 Å². The van der Waals surface area contributed by atoms with Crippen LogP contribution in [0, 0.1) is 0 Å². The molecule has 0 spiro atoms. The Hall–Kier alpha value is -3.36. The summed E-state index contributed by atoms with van der Waals surface area (Å²) in [6, 6.07) is 19.3. The van der Waals surface area contributed by atoms with E-state index in [1.54, 1.807) is 45.9 Å². The van der Waals surface area contributed by atoms with Gasteiger partial charge in [-0.1, -0.05) is 76.5 Å². The fourth-order valence-corrected chi connectivity index (χ4v) is 6.45. The summed E-state index contributed by atoms with van der Waals surface area (Å²) in [7, 11) is 0. The number of carbonyl (C=O) groups is 1. The molecule has 1 aromatic heterocycles. The molecule has 0 fully saturated rings. The van der Waals surface area contributed by atoms with Gasteiger partial charge in [0.1, 0.15) is 12.4 Å². The van der Waals surface area contributed by atoms with Crippen molar-refractivity contribution >= 4 is 58.1 Å². The smallest absolute Gasteiger partial charge is 0.271 e. The average molecular weight is 641 g/mol. The van der Waals surface area contributed by atoms with Crippen molar-refractivity contribution in [3.63, 3.8) is 0 Å². The maximum Gasteiger partial charge on any atom is 0.271 e. The van der Waals surface area contributed by atoms with Crippen molar-refractivity contribution in [1.82, 2.24) is 9.47 Å². The lowest BCUT2D eigenvalue weighted by Gasteiger charge is -2.29. The van der Waals surface area contributed by atoms with Gasteiger partial charge in [-0.2, -0.15) is 0 Å². The SMILES string of the molecule is CCN(CC)C(=O)C1=C(C)N=c2s/c(=C/c3cc(Cl)ccc3OCc3ccccc3Cl)c(=O)n2[C@@H]1c1ccc(Cl)cc1. The predicted molar refractivity (Wildman–Crippen MR) is 170 cm³/mol. The number of hydrogen-bond acceptors (Lipinski definition) is 5. The maximum atomic E-state index is 14.1. The van der Waals surface area contributed by atoms with Gasteiger partial charge in [0.05, 0.1) is 21.8 Å². The van der Waals surface area contributed by atoms with Gasteiger partial charge in [-0.3, -0.25) is 14.2 Å². The van der Waals surface area contributed by atoms with Gasteiger partial charge in [0.15, 0.2) is 4.80 Å². The first-order valence-electron chi connectivity index (χ1n) is 13.4. The molecule has 0 radical (unpaired) electrons. The number of allylic oxidation sites excluding steroid dienone is 1. The molecule has 0 bridgehead atoms. The summed E-state index contributed by atoms with van der Waals surface area (Å²) in [6.07, 6.45) is 1.75. The second-order valence-electron chi connectivity index (χ2n) is 9.67. The third-order valence-electron chi connectivity index (χ3n) is 7.09. The Labute approximate surface area is 262 Å². The highest BCUT2D eigenvalue weighted by atomic mass is 35.5. The van der Waals surface area contributed by atoms with Crippen LogP contribution in [0.1, 0.15) is 43.5 Å². The molecule has 1 aliphatic rings. The van der Waals surface area contributed by atoms with Gasteiger partial charge in [0, 0.05) is 39.3 Å². The maximum absolute atomic E-state index is 14.1. The van der Waals surface area contributed by atoms with E-state index in [0.29, 0.717) is 60.1 Å². The lowest BCUT2D eigenvalue weighted by Crippen LogP contribution is -2.43. The number of ether oxygens (including phenoxy) is 1. The van der Waals surface area contributed by atoms with Crippen molar-refractivity contribution in [3.8, 4) is 5.75 Å². The van der Waals surface area contributed by atoms with Gasteiger partial charge in [-0.15, -0.1) is 0 Å². The summed E-state index contributed by atoms with van der Waals surface area (Å²) in [5.41, 5.74) is 3.01. The van der Waals surface area contributed by atoms with Crippen LogP contribution in [-0.2, 0) is 11.4 Å². The number of likely N-dealkylation sites (N-methyl/N-ethyl adjacent to an activating group) is 1. The molecule has 1 atom stereocenters. The zero-order valence-corrected chi connectivity index (χ0v) is 26.3. The van der Waals surface area contributed by atoms with Crippen LogP contribution in [0.2, 0.25) is 15.1 Å². The molecule has 3 aromatic carbocycles. The number of nitrogens with zero attached hydrogens (tertiary/aromatic N) is 3. The van der Waals surface area contributed by atoms with E-state index in [1.165, 1.54) is 11.3 Å². The van der Waals surface area contributed by atoms with Gasteiger partial charge in [-0.25, -0.2) is 4.99 Å². The van der Waals surface area contributed by atoms with Gasteiger partial charge in [0.25, 0.3) is 11.5 Å². The molecule has 1 amide bonds. The molecule has 0 N–H and O–H groups in total. The molecule has 0 saturated heterocycles. The number of hydrogen-bond donors (Lipinski definition) is 0. The summed E-state index contributed by atoms with van der Waals surface area (Å²) < 4.78 is 8.15. The molecule has 42 heavy (non-hydrogen) atoms. The fourth-order valence-electron chi connectivity index (χ4n) is 4.91. The van der Waals surface area contributed by atoms with Crippen LogP contribution in [0.25, 0.3) is 6.08 Å². The number of benzene rings is 3. The summed E-state index contributed by atoms with van der Waals surface area (Å²) >= 11 is 20.1. The number of halogens is 3. The first kappa shape index (κ1) is 30.1. The number of amides is 1. The molecule has 1 aliphatic heterocycles. The minimum Gasteiger partial charge on any atom is -0.488 e. The Morgan fingerprint density at radius 3 is 2.40 bits per heavy atom. The second kappa shape index (κ2) is 12.9. The zero-order chi connectivity index (χ0) is 30.0. The van der Waals surface area contributed by atoms with Gasteiger partial charge >= 0.3 is 0 Å². The minimum atomic E-state index is -0.663. The van der Waals surface area contributed by atoms with Crippen molar-refractivity contribution in [2.24, 2.45) is 4.99 Å². The van der Waals surface area contributed by atoms with Crippen LogP contribution >= 0.6 is 46.1 Å². The van der Waals surface area contributed by atoms with Crippen molar-refractivity contribution < 1.29 is 9.53 Å². The Bertz CT molecular complexity index is 1860. The monoisotopic (exact) mass is 639 g/mol. The molecule has 0 aliphatic carbocycles. The Morgan fingerprint density at radius 1 is 1.02 bits per heavy atom. The fraction of sp³-hybridized carbons (Fsp3) is 0.219. The molecule has 10 heteroatoms. The highest BCUT2D eigenvalue weighted by Gasteiger charge is 2.34. The topological polar surface area (TPSA) is 63.9 Å². The van der Waals surface area contributed by atoms with E-state index >= 15 is 0 Å². The molecule has 4 aromatic rings. The van der Waals surface area contributed by atoms with E-state index < -0.39 is 6.04 Å². The van der Waals surface area contributed by atoms with Crippen LogP contribution in [-0.4, -0.2) is 28.5 Å². The van der Waals surface area contributed by atoms with Crippen molar-refractivity contribution in [3.05, 3.63) is 129 Å². The Balaban J connectivity index is 1.64. The lowest BCUT2D eigenvalue weighted by atomic mass is 9.94. The summed E-state index contributed by atoms with van der Waals surface area (Å²) in [4.78, 5) is 34.8. The Morgan fingerprint density at radius 2 is 1.71 bits per heavy atom. The summed E-state index contributed by atoms with van der Waals surface area (Å²) in [6.45, 7) is 7.00. The van der Waals surface area contributed by atoms with E-state index in [2.05, 4.69) is 0 Å². The number of rotatable bonds is 8. The largest absolute Gasteiger partial charge is 0.488 e. The number of aromatic nitrogens is 1. The van der Waals surface area contributed by atoms with E-state index in [1.807, 2.05) is 57.2 Å². The van der Waals surface area contributed by atoms with Gasteiger partial charge < -0.3 is 9.64 Å². The molecular weight excluding hydrogens is 613 g/mol. The molecule has 6 nitrogen and oxygen atoms in total. The highest BCUT2D eigenvalue weighted by molar-refractivity contribution is 7.07. The van der Waals surface area contributed by atoms with Crippen molar-refractivity contribution in [1.29, 1.82) is 0 Å². The summed E-state index contributed by atoms with van der Waals surface area (Å²) in [5.74, 6) is 0.397. The lowest BCUT2D eigenvalue weighted by molar-refractivity contribution is -0.127. The third kappa shape index (κ3) is 6.06. The van der Waals surface area contributed by atoms with Crippen LogP contribution in [0.15, 0.2) is 87.8 Å². The number of thiazole rings is 1. The van der Waals surface area contributed by atoms with Crippen molar-refractivity contribution in [2.45, 2.75) is 33.4 Å². The zero-order valence-electron chi connectivity index (χ0n) is 23.2. The van der Waals surface area contributed by atoms with E-state index in [0.717, 1.165) is 11.1 Å². The highest BCUT2D eigenvalue weighted by Crippen LogP contribution is 2.32. The van der Waals surface area contributed by atoms with Crippen molar-refractivity contribution in [2.75, 3.05) is 13.1 Å². The van der Waals surface area contributed by atoms with E-state index in [-0.39, 0.29) is 18.1 Å².